The second-order valence-corrected chi connectivity index (χ2v) is 9.56. The van der Waals surface area contributed by atoms with Gasteiger partial charge in [0.1, 0.15) is 11.3 Å². The van der Waals surface area contributed by atoms with Crippen LogP contribution < -0.4 is 15.5 Å². The maximum Gasteiger partial charge on any atom is 0.270 e. The summed E-state index contributed by atoms with van der Waals surface area (Å²) in [7, 11) is 0. The van der Waals surface area contributed by atoms with Gasteiger partial charge in [-0.3, -0.25) is 20.2 Å². The lowest BCUT2D eigenvalue weighted by Gasteiger charge is -2.30. The molecule has 12 heteroatoms. The molecule has 0 bridgehead atoms. The second-order valence-electron chi connectivity index (χ2n) is 9.15. The van der Waals surface area contributed by atoms with E-state index in [1.54, 1.807) is 18.2 Å². The fourth-order valence-corrected chi connectivity index (χ4v) is 4.72. The molecule has 0 saturated carbocycles. The number of oxazole rings is 1. The van der Waals surface area contributed by atoms with Gasteiger partial charge < -0.3 is 24.5 Å². The number of hydrogen-bond acceptors (Lipinski definition) is 9. The number of rotatable bonds is 5. The zero-order valence-electron chi connectivity index (χ0n) is 21.2. The lowest BCUT2D eigenvalue weighted by atomic mass is 10.1. The third-order valence-corrected chi connectivity index (χ3v) is 6.52. The summed E-state index contributed by atoms with van der Waals surface area (Å²) in [5.41, 5.74) is 4.63. The van der Waals surface area contributed by atoms with E-state index in [2.05, 4.69) is 15.6 Å². The molecule has 1 aromatic heterocycles. The quantitative estimate of drug-likeness (QED) is 0.183. The number of aryl methyl sites for hydroxylation is 2. The number of aromatic hydroxyl groups is 1. The Kier molecular flexibility index (Phi) is 7.13. The highest BCUT2D eigenvalue weighted by atomic mass is 32.1. The number of nitrogens with one attached hydrogen (secondary N) is 2. The molecule has 0 unspecified atom stereocenters. The Morgan fingerprint density at radius 1 is 1.13 bits per heavy atom. The van der Waals surface area contributed by atoms with E-state index in [9.17, 15) is 20.0 Å². The number of thiocarbonyl (C=S) groups is 1. The predicted molar refractivity (Wildman–Crippen MR) is 150 cm³/mol. The number of anilines is 2. The third kappa shape index (κ3) is 5.52. The van der Waals surface area contributed by atoms with Gasteiger partial charge in [0.15, 0.2) is 10.7 Å². The lowest BCUT2D eigenvalue weighted by Crippen LogP contribution is -2.39. The molecule has 3 N–H and O–H groups in total. The standard InChI is InChI=1S/C27H25N5O6S/c1-15-11-16(2)24-21(12-15)29-26(38-24)19-5-3-17(13-23(19)33)28-27(39)30-25(34)20-14-18(32(35)36)4-6-22(20)31-7-9-37-10-8-31/h3-6,11-14,33H,7-10H2,1-2H3,(H2,28,30,34,39). The maximum atomic E-state index is 13.1. The SMILES string of the molecule is Cc1cc(C)c2oc(-c3ccc(NC(=S)NC(=O)c4cc([N+](=O)[O-])ccc4N4CCOCC4)cc3O)nc2c1. The van der Waals surface area contributed by atoms with Gasteiger partial charge >= 0.3 is 0 Å². The lowest BCUT2D eigenvalue weighted by molar-refractivity contribution is -0.384. The molecule has 1 fully saturated rings. The molecule has 5 rings (SSSR count). The van der Waals surface area contributed by atoms with Crippen molar-refractivity contribution in [3.8, 4) is 17.2 Å². The molecule has 1 saturated heterocycles. The van der Waals surface area contributed by atoms with Crippen molar-refractivity contribution in [2.24, 2.45) is 0 Å². The molecule has 11 nitrogen and oxygen atoms in total. The number of non-ortho nitro benzene ring substituents is 1. The summed E-state index contributed by atoms with van der Waals surface area (Å²) in [6.45, 7) is 5.98. The van der Waals surface area contributed by atoms with Crippen molar-refractivity contribution in [3.63, 3.8) is 0 Å². The van der Waals surface area contributed by atoms with Gasteiger partial charge in [0, 0.05) is 37.0 Å². The van der Waals surface area contributed by atoms with Crippen molar-refractivity contribution in [3.05, 3.63) is 75.3 Å². The van der Waals surface area contributed by atoms with Crippen molar-refractivity contribution in [2.75, 3.05) is 36.5 Å². The number of phenols is 1. The van der Waals surface area contributed by atoms with Crippen molar-refractivity contribution in [1.29, 1.82) is 0 Å². The summed E-state index contributed by atoms with van der Waals surface area (Å²) in [6, 6.07) is 12.8. The molecule has 1 aliphatic rings. The summed E-state index contributed by atoms with van der Waals surface area (Å²) in [4.78, 5) is 30.4. The van der Waals surface area contributed by atoms with Crippen LogP contribution in [0.2, 0.25) is 0 Å². The second kappa shape index (κ2) is 10.7. The summed E-state index contributed by atoms with van der Waals surface area (Å²) in [6.07, 6.45) is 0. The zero-order chi connectivity index (χ0) is 27.7. The Balaban J connectivity index is 1.33. The predicted octanol–water partition coefficient (Wildman–Crippen LogP) is 4.69. The highest BCUT2D eigenvalue weighted by molar-refractivity contribution is 7.80. The van der Waals surface area contributed by atoms with Crippen LogP contribution in [0.25, 0.3) is 22.6 Å². The Bertz CT molecular complexity index is 1610. The molecule has 0 radical (unpaired) electrons. The Hall–Kier alpha value is -4.55. The van der Waals surface area contributed by atoms with Crippen LogP contribution in [0, 0.1) is 24.0 Å². The average molecular weight is 548 g/mol. The number of benzene rings is 3. The number of nitro groups is 1. The average Bonchev–Trinajstić information content (AvgIpc) is 3.33. The third-order valence-electron chi connectivity index (χ3n) is 6.32. The number of ether oxygens (including phenoxy) is 1. The first-order valence-electron chi connectivity index (χ1n) is 12.1. The molecular weight excluding hydrogens is 522 g/mol. The molecule has 39 heavy (non-hydrogen) atoms. The molecule has 0 spiro atoms. The topological polar surface area (TPSA) is 143 Å². The normalized spacial score (nSPS) is 13.3. The van der Waals surface area contributed by atoms with Crippen LogP contribution in [0.4, 0.5) is 17.1 Å². The van der Waals surface area contributed by atoms with Crippen molar-refractivity contribution < 1.29 is 24.0 Å². The van der Waals surface area contributed by atoms with Crippen LogP contribution in [-0.2, 0) is 4.74 Å². The van der Waals surface area contributed by atoms with Crippen LogP contribution in [0.5, 0.6) is 5.75 Å². The maximum absolute atomic E-state index is 13.1. The molecule has 4 aromatic rings. The van der Waals surface area contributed by atoms with Crippen LogP contribution in [0.15, 0.2) is 52.9 Å². The van der Waals surface area contributed by atoms with Crippen LogP contribution in [0.3, 0.4) is 0 Å². The molecule has 2 heterocycles. The fourth-order valence-electron chi connectivity index (χ4n) is 4.51. The highest BCUT2D eigenvalue weighted by Gasteiger charge is 2.23. The Morgan fingerprint density at radius 3 is 2.62 bits per heavy atom. The zero-order valence-corrected chi connectivity index (χ0v) is 22.0. The van der Waals surface area contributed by atoms with E-state index in [0.29, 0.717) is 54.3 Å². The van der Waals surface area contributed by atoms with E-state index in [1.165, 1.54) is 18.2 Å². The van der Waals surface area contributed by atoms with E-state index in [4.69, 9.17) is 21.4 Å². The minimum absolute atomic E-state index is 0.0421. The largest absolute Gasteiger partial charge is 0.507 e. The van der Waals surface area contributed by atoms with E-state index in [1.807, 2.05) is 30.9 Å². The van der Waals surface area contributed by atoms with Gasteiger partial charge in [-0.2, -0.15) is 0 Å². The van der Waals surface area contributed by atoms with E-state index >= 15 is 0 Å². The van der Waals surface area contributed by atoms with Crippen LogP contribution >= 0.6 is 12.2 Å². The number of morpholine rings is 1. The number of carbonyl (C=O) groups is 1. The number of hydrogen-bond donors (Lipinski definition) is 3. The van der Waals surface area contributed by atoms with E-state index < -0.39 is 10.8 Å². The molecule has 0 aliphatic carbocycles. The van der Waals surface area contributed by atoms with Gasteiger partial charge in [0.05, 0.1) is 35.0 Å². The van der Waals surface area contributed by atoms with Crippen LogP contribution in [-0.4, -0.2) is 52.3 Å². The first kappa shape index (κ1) is 26.1. The van der Waals surface area contributed by atoms with Gasteiger partial charge in [-0.1, -0.05) is 6.07 Å². The Labute approximate surface area is 228 Å². The molecule has 200 valence electrons. The van der Waals surface area contributed by atoms with Gasteiger partial charge in [-0.15, -0.1) is 0 Å². The van der Waals surface area contributed by atoms with Crippen molar-refractivity contribution >= 4 is 51.4 Å². The number of aromatic nitrogens is 1. The monoisotopic (exact) mass is 547 g/mol. The van der Waals surface area contributed by atoms with Gasteiger partial charge in [0.25, 0.3) is 11.6 Å². The van der Waals surface area contributed by atoms with Crippen molar-refractivity contribution in [2.45, 2.75) is 13.8 Å². The molecule has 1 aliphatic heterocycles. The summed E-state index contributed by atoms with van der Waals surface area (Å²) >= 11 is 5.31. The number of nitrogens with zero attached hydrogens (tertiary/aromatic N) is 3. The van der Waals surface area contributed by atoms with Crippen LogP contribution in [0.1, 0.15) is 21.5 Å². The van der Waals surface area contributed by atoms with Gasteiger partial charge in [-0.25, -0.2) is 4.98 Å². The summed E-state index contributed by atoms with van der Waals surface area (Å²) in [5, 5.41) is 27.4. The van der Waals surface area contributed by atoms with Gasteiger partial charge in [-0.05, 0) is 61.5 Å². The first-order valence-corrected chi connectivity index (χ1v) is 12.5. The van der Waals surface area contributed by atoms with E-state index in [-0.39, 0.29) is 28.0 Å². The van der Waals surface area contributed by atoms with Gasteiger partial charge in [0.2, 0.25) is 5.89 Å². The summed E-state index contributed by atoms with van der Waals surface area (Å²) in [5.74, 6) is -0.418. The number of amides is 1. The summed E-state index contributed by atoms with van der Waals surface area (Å²) < 4.78 is 11.3. The number of carbonyl (C=O) groups excluding carboxylic acids is 1. The minimum atomic E-state index is -0.601. The fraction of sp³-hybridized carbons (Fsp3) is 0.222. The first-order chi connectivity index (χ1) is 18.7. The molecule has 0 atom stereocenters. The smallest absolute Gasteiger partial charge is 0.270 e. The molecule has 1 amide bonds. The number of nitro benzene ring substituents is 1. The Morgan fingerprint density at radius 2 is 1.90 bits per heavy atom. The highest BCUT2D eigenvalue weighted by Crippen LogP contribution is 2.34. The molecular formula is C27H25N5O6S. The molecule has 3 aromatic carbocycles. The number of phenolic OH excluding ortho intramolecular Hbond substituents is 1. The van der Waals surface area contributed by atoms with E-state index in [0.717, 1.165) is 11.1 Å². The minimum Gasteiger partial charge on any atom is -0.507 e. The number of fused-ring (bicyclic) bond motifs is 1. The van der Waals surface area contributed by atoms with Crippen molar-refractivity contribution in [1.82, 2.24) is 10.3 Å².